The van der Waals surface area contributed by atoms with Gasteiger partial charge in [0.2, 0.25) is 0 Å². The Morgan fingerprint density at radius 1 is 0.923 bits per heavy atom. The zero-order chi connectivity index (χ0) is 27.0. The van der Waals surface area contributed by atoms with E-state index in [0.29, 0.717) is 22.4 Å². The van der Waals surface area contributed by atoms with Crippen LogP contribution in [0.2, 0.25) is 0 Å². The second kappa shape index (κ2) is 12.9. The summed E-state index contributed by atoms with van der Waals surface area (Å²) in [5, 5.41) is 4.91. The number of hydrogen-bond donors (Lipinski definition) is 0. The van der Waals surface area contributed by atoms with Crippen LogP contribution in [-0.4, -0.2) is 31.5 Å². The van der Waals surface area contributed by atoms with Crippen LogP contribution in [0.1, 0.15) is 43.7 Å². The van der Waals surface area contributed by atoms with Gasteiger partial charge in [-0.2, -0.15) is 5.10 Å². The third kappa shape index (κ3) is 6.67. The Labute approximate surface area is 239 Å². The molecule has 4 aromatic rings. The van der Waals surface area contributed by atoms with Crippen molar-refractivity contribution >= 4 is 40.3 Å². The van der Waals surface area contributed by atoms with E-state index in [9.17, 15) is 4.79 Å². The molecule has 7 heteroatoms. The minimum Gasteiger partial charge on any atom is -0.489 e. The van der Waals surface area contributed by atoms with Gasteiger partial charge < -0.3 is 4.74 Å². The fraction of sp³-hybridized carbons (Fsp3) is 0.219. The quantitative estimate of drug-likeness (QED) is 0.107. The Bertz CT molecular complexity index is 1450. The molecule has 3 aromatic carbocycles. The number of rotatable bonds is 11. The van der Waals surface area contributed by atoms with Gasteiger partial charge in [0.05, 0.1) is 16.3 Å². The van der Waals surface area contributed by atoms with E-state index in [2.05, 4.69) is 6.92 Å². The number of carbonyl (C=O) groups is 1. The second-order valence-electron chi connectivity index (χ2n) is 9.41. The number of nitrogens with zero attached hydrogens (tertiary/aromatic N) is 3. The molecule has 1 aromatic heterocycles. The van der Waals surface area contributed by atoms with Gasteiger partial charge in [0.25, 0.3) is 5.91 Å². The number of benzene rings is 3. The van der Waals surface area contributed by atoms with Gasteiger partial charge in [-0.1, -0.05) is 98.7 Å². The van der Waals surface area contributed by atoms with Crippen LogP contribution >= 0.6 is 24.0 Å². The maximum Gasteiger partial charge on any atom is 0.266 e. The molecular formula is C32H31N3O2S2. The second-order valence-corrected chi connectivity index (χ2v) is 11.1. The smallest absolute Gasteiger partial charge is 0.266 e. The van der Waals surface area contributed by atoms with Crippen LogP contribution in [0.25, 0.3) is 23.0 Å². The summed E-state index contributed by atoms with van der Waals surface area (Å²) in [7, 11) is 0. The van der Waals surface area contributed by atoms with Gasteiger partial charge in [-0.05, 0) is 54.5 Å². The molecule has 0 aliphatic carbocycles. The number of amides is 1. The zero-order valence-corrected chi connectivity index (χ0v) is 23.6. The van der Waals surface area contributed by atoms with E-state index in [0.717, 1.165) is 53.1 Å². The number of hydrogen-bond acceptors (Lipinski definition) is 5. The molecule has 39 heavy (non-hydrogen) atoms. The monoisotopic (exact) mass is 553 g/mol. The molecule has 0 radical (unpaired) electrons. The molecule has 0 bridgehead atoms. The summed E-state index contributed by atoms with van der Waals surface area (Å²) in [6.07, 6.45) is 8.29. The molecule has 198 valence electrons. The van der Waals surface area contributed by atoms with E-state index < -0.39 is 0 Å². The first kappa shape index (κ1) is 26.9. The highest BCUT2D eigenvalue weighted by molar-refractivity contribution is 8.26. The van der Waals surface area contributed by atoms with Crippen LogP contribution < -0.4 is 4.74 Å². The third-order valence-corrected chi connectivity index (χ3v) is 7.91. The summed E-state index contributed by atoms with van der Waals surface area (Å²) in [5.41, 5.74) is 4.67. The predicted molar refractivity (Wildman–Crippen MR) is 164 cm³/mol. The number of thioether (sulfide) groups is 1. The van der Waals surface area contributed by atoms with Gasteiger partial charge in [-0.15, -0.1) is 0 Å². The maximum absolute atomic E-state index is 13.2. The Morgan fingerprint density at radius 3 is 2.36 bits per heavy atom. The molecule has 1 saturated heterocycles. The summed E-state index contributed by atoms with van der Waals surface area (Å²) < 4.78 is 8.45. The lowest BCUT2D eigenvalue weighted by molar-refractivity contribution is -0.122. The van der Waals surface area contributed by atoms with Crippen molar-refractivity contribution in [3.8, 4) is 22.7 Å². The molecule has 0 saturated carbocycles. The fourth-order valence-electron chi connectivity index (χ4n) is 4.41. The molecule has 0 atom stereocenters. The van der Waals surface area contributed by atoms with Gasteiger partial charge in [0.1, 0.15) is 16.7 Å². The summed E-state index contributed by atoms with van der Waals surface area (Å²) in [4.78, 5) is 15.6. The highest BCUT2D eigenvalue weighted by Crippen LogP contribution is 2.35. The lowest BCUT2D eigenvalue weighted by Crippen LogP contribution is -2.29. The highest BCUT2D eigenvalue weighted by atomic mass is 32.2. The Morgan fingerprint density at radius 2 is 1.64 bits per heavy atom. The Balaban J connectivity index is 1.40. The number of unbranched alkanes of at least 4 members (excludes halogenated alkanes) is 3. The van der Waals surface area contributed by atoms with Crippen molar-refractivity contribution in [1.82, 2.24) is 14.7 Å². The highest BCUT2D eigenvalue weighted by Gasteiger charge is 2.32. The van der Waals surface area contributed by atoms with Crippen molar-refractivity contribution in [2.24, 2.45) is 0 Å². The van der Waals surface area contributed by atoms with Crippen LogP contribution in [0.15, 0.2) is 96.0 Å². The first-order valence-electron chi connectivity index (χ1n) is 13.3. The molecule has 5 rings (SSSR count). The van der Waals surface area contributed by atoms with Crippen LogP contribution in [0.4, 0.5) is 0 Å². The van der Waals surface area contributed by atoms with E-state index in [-0.39, 0.29) is 5.91 Å². The first-order valence-corrected chi connectivity index (χ1v) is 14.5. The average molecular weight is 554 g/mol. The molecule has 1 aliphatic rings. The molecule has 1 aliphatic heterocycles. The maximum atomic E-state index is 13.2. The van der Waals surface area contributed by atoms with E-state index in [1.54, 1.807) is 4.90 Å². The SMILES string of the molecule is CCCCCCN1C(=O)/C(=C/c2cn(-c3ccccc3)nc2-c2ccc(OCc3ccccc3)cc2)SC1=S. The number of para-hydroxylation sites is 1. The molecule has 2 heterocycles. The van der Waals surface area contributed by atoms with Crippen molar-refractivity contribution < 1.29 is 9.53 Å². The molecule has 0 N–H and O–H groups in total. The fourth-order valence-corrected chi connectivity index (χ4v) is 5.71. The number of carbonyl (C=O) groups excluding carboxylic acids is 1. The molecule has 0 unspecified atom stereocenters. The molecule has 1 amide bonds. The van der Waals surface area contributed by atoms with Crippen molar-refractivity contribution in [2.75, 3.05) is 6.54 Å². The number of ether oxygens (including phenoxy) is 1. The minimum absolute atomic E-state index is 0.0235. The van der Waals surface area contributed by atoms with Gasteiger partial charge >= 0.3 is 0 Å². The molecular weight excluding hydrogens is 523 g/mol. The summed E-state index contributed by atoms with van der Waals surface area (Å²) in [5.74, 6) is 0.764. The normalized spacial score (nSPS) is 14.4. The summed E-state index contributed by atoms with van der Waals surface area (Å²) in [6.45, 7) is 3.36. The van der Waals surface area contributed by atoms with Gasteiger partial charge in [-0.3, -0.25) is 9.69 Å². The van der Waals surface area contributed by atoms with Gasteiger partial charge in [0.15, 0.2) is 0 Å². The summed E-state index contributed by atoms with van der Waals surface area (Å²) in [6, 6.07) is 28.0. The number of thiocarbonyl (C=S) groups is 1. The molecule has 1 fully saturated rings. The van der Waals surface area contributed by atoms with E-state index in [4.69, 9.17) is 22.1 Å². The van der Waals surface area contributed by atoms with E-state index >= 15 is 0 Å². The topological polar surface area (TPSA) is 47.4 Å². The van der Waals surface area contributed by atoms with Crippen molar-refractivity contribution in [2.45, 2.75) is 39.2 Å². The first-order chi connectivity index (χ1) is 19.1. The standard InChI is InChI=1S/C32H31N3O2S2/c1-2-3-4-11-20-34-31(36)29(39-32(34)38)21-26-22-35(27-14-9-6-10-15-27)33-30(26)25-16-18-28(19-17-25)37-23-24-12-7-5-8-13-24/h5-10,12-19,21-22H,2-4,11,20,23H2,1H3/b29-21-. The largest absolute Gasteiger partial charge is 0.489 e. The van der Waals surface area contributed by atoms with E-state index in [1.807, 2.05) is 102 Å². The Kier molecular flexibility index (Phi) is 8.91. The minimum atomic E-state index is -0.0235. The van der Waals surface area contributed by atoms with Gasteiger partial charge in [-0.25, -0.2) is 4.68 Å². The lowest BCUT2D eigenvalue weighted by atomic mass is 10.1. The predicted octanol–water partition coefficient (Wildman–Crippen LogP) is 7.90. The van der Waals surface area contributed by atoms with Crippen molar-refractivity contribution in [1.29, 1.82) is 0 Å². The van der Waals surface area contributed by atoms with Crippen LogP contribution in [-0.2, 0) is 11.4 Å². The lowest BCUT2D eigenvalue weighted by Gasteiger charge is -2.13. The number of aromatic nitrogens is 2. The van der Waals surface area contributed by atoms with E-state index in [1.165, 1.54) is 18.2 Å². The molecule has 0 spiro atoms. The summed E-state index contributed by atoms with van der Waals surface area (Å²) >= 11 is 6.93. The Hall–Kier alpha value is -3.68. The van der Waals surface area contributed by atoms with Crippen LogP contribution in [0.3, 0.4) is 0 Å². The zero-order valence-electron chi connectivity index (χ0n) is 22.0. The van der Waals surface area contributed by atoms with Gasteiger partial charge in [0, 0.05) is 23.9 Å². The molecule has 5 nitrogen and oxygen atoms in total. The van der Waals surface area contributed by atoms with Crippen LogP contribution in [0.5, 0.6) is 5.75 Å². The third-order valence-electron chi connectivity index (χ3n) is 6.53. The van der Waals surface area contributed by atoms with Crippen LogP contribution in [0, 0.1) is 0 Å². The van der Waals surface area contributed by atoms with Crippen molar-refractivity contribution in [3.63, 3.8) is 0 Å². The van der Waals surface area contributed by atoms with Crippen molar-refractivity contribution in [3.05, 3.63) is 107 Å². The average Bonchev–Trinajstić information content (AvgIpc) is 3.51.